The number of benzene rings is 3. The molecule has 0 aliphatic carbocycles. The molecule has 31 heavy (non-hydrogen) atoms. The number of carbonyl (C=O) groups excluding carboxylic acids is 2. The van der Waals surface area contributed by atoms with Crippen molar-refractivity contribution in [2.75, 3.05) is 5.32 Å². The molecule has 3 aromatic carbocycles. The fraction of sp³-hybridized carbons (Fsp3) is 0.160. The Morgan fingerprint density at radius 1 is 1.06 bits per heavy atom. The summed E-state index contributed by atoms with van der Waals surface area (Å²) in [5.74, 6) is -0.134. The minimum absolute atomic E-state index is 0.0358. The van der Waals surface area contributed by atoms with E-state index in [4.69, 9.17) is 0 Å². The van der Waals surface area contributed by atoms with Crippen LogP contribution in [0, 0.1) is 11.3 Å². The normalized spacial score (nSPS) is 13.5. The predicted molar refractivity (Wildman–Crippen MR) is 121 cm³/mol. The van der Waals surface area contributed by atoms with Crippen LogP contribution >= 0.6 is 11.8 Å². The lowest BCUT2D eigenvalue weighted by atomic mass is 9.97. The van der Waals surface area contributed by atoms with Gasteiger partial charge in [0.05, 0.1) is 17.2 Å². The Bertz CT molecular complexity index is 1200. The summed E-state index contributed by atoms with van der Waals surface area (Å²) in [6, 6.07) is 22.6. The molecule has 0 saturated carbocycles. The maximum atomic E-state index is 13.1. The van der Waals surface area contributed by atoms with Gasteiger partial charge in [-0.15, -0.1) is 0 Å². The summed E-state index contributed by atoms with van der Waals surface area (Å²) < 4.78 is 0. The Balaban J connectivity index is 1.53. The summed E-state index contributed by atoms with van der Waals surface area (Å²) >= 11 is 1.41. The van der Waals surface area contributed by atoms with Crippen LogP contribution in [0.2, 0.25) is 0 Å². The van der Waals surface area contributed by atoms with Gasteiger partial charge in [-0.2, -0.15) is 5.26 Å². The van der Waals surface area contributed by atoms with E-state index in [2.05, 4.69) is 16.7 Å². The van der Waals surface area contributed by atoms with Crippen molar-refractivity contribution in [3.8, 4) is 6.07 Å². The number of amides is 2. The van der Waals surface area contributed by atoms with Gasteiger partial charge in [0.1, 0.15) is 6.07 Å². The Morgan fingerprint density at radius 3 is 2.61 bits per heavy atom. The number of hydrogen-bond donors (Lipinski definition) is 2. The van der Waals surface area contributed by atoms with Crippen LogP contribution in [0.4, 0.5) is 5.69 Å². The average Bonchev–Trinajstić information content (AvgIpc) is 2.79. The zero-order valence-electron chi connectivity index (χ0n) is 17.0. The van der Waals surface area contributed by atoms with Crippen molar-refractivity contribution in [1.82, 2.24) is 5.32 Å². The lowest BCUT2D eigenvalue weighted by Crippen LogP contribution is -2.27. The minimum Gasteiger partial charge on any atom is -0.345 e. The van der Waals surface area contributed by atoms with E-state index in [-0.39, 0.29) is 17.9 Å². The lowest BCUT2D eigenvalue weighted by molar-refractivity contribution is -0.116. The van der Waals surface area contributed by atoms with Crippen LogP contribution in [0.3, 0.4) is 0 Å². The molecule has 1 aliphatic heterocycles. The molecule has 2 N–H and O–H groups in total. The number of fused-ring (bicyclic) bond motifs is 1. The summed E-state index contributed by atoms with van der Waals surface area (Å²) in [4.78, 5) is 26.3. The third-order valence-electron chi connectivity index (χ3n) is 5.23. The first-order chi connectivity index (χ1) is 15.0. The molecule has 0 saturated heterocycles. The van der Waals surface area contributed by atoms with Crippen molar-refractivity contribution in [2.24, 2.45) is 0 Å². The second-order valence-corrected chi connectivity index (χ2v) is 8.45. The van der Waals surface area contributed by atoms with Crippen LogP contribution in [0.5, 0.6) is 0 Å². The molecular weight excluding hydrogens is 406 g/mol. The third-order valence-corrected chi connectivity index (χ3v) is 6.38. The molecule has 154 valence electrons. The van der Waals surface area contributed by atoms with Crippen LogP contribution < -0.4 is 10.6 Å². The molecule has 1 unspecified atom stereocenters. The van der Waals surface area contributed by atoms with Crippen molar-refractivity contribution < 1.29 is 9.59 Å². The maximum absolute atomic E-state index is 13.1. The summed E-state index contributed by atoms with van der Waals surface area (Å²) in [7, 11) is 0. The number of aryl methyl sites for hydroxylation is 1. The first-order valence-corrected chi connectivity index (χ1v) is 10.9. The fourth-order valence-electron chi connectivity index (χ4n) is 3.54. The fourth-order valence-corrected chi connectivity index (χ4v) is 4.56. The van der Waals surface area contributed by atoms with Crippen molar-refractivity contribution >= 4 is 29.3 Å². The van der Waals surface area contributed by atoms with Gasteiger partial charge < -0.3 is 10.6 Å². The Morgan fingerprint density at radius 2 is 1.81 bits per heavy atom. The van der Waals surface area contributed by atoms with Gasteiger partial charge in [0.25, 0.3) is 5.91 Å². The van der Waals surface area contributed by atoms with E-state index in [0.29, 0.717) is 24.0 Å². The molecule has 1 heterocycles. The highest BCUT2D eigenvalue weighted by molar-refractivity contribution is 7.99. The Hall–Kier alpha value is -3.56. The molecule has 6 heteroatoms. The predicted octanol–water partition coefficient (Wildman–Crippen LogP) is 5.09. The highest BCUT2D eigenvalue weighted by Crippen LogP contribution is 2.33. The van der Waals surface area contributed by atoms with E-state index >= 15 is 0 Å². The van der Waals surface area contributed by atoms with E-state index in [0.717, 1.165) is 26.6 Å². The van der Waals surface area contributed by atoms with Gasteiger partial charge in [-0.25, -0.2) is 0 Å². The highest BCUT2D eigenvalue weighted by atomic mass is 32.2. The van der Waals surface area contributed by atoms with Gasteiger partial charge in [0.15, 0.2) is 0 Å². The molecule has 0 radical (unpaired) electrons. The smallest absolute Gasteiger partial charge is 0.252 e. The van der Waals surface area contributed by atoms with Gasteiger partial charge in [0.2, 0.25) is 5.91 Å². The summed E-state index contributed by atoms with van der Waals surface area (Å²) in [5, 5.41) is 15.3. The average molecular weight is 428 g/mol. The topological polar surface area (TPSA) is 82.0 Å². The highest BCUT2D eigenvalue weighted by Gasteiger charge is 2.19. The Labute approximate surface area is 185 Å². The number of nitrogens with zero attached hydrogens (tertiary/aromatic N) is 1. The zero-order chi connectivity index (χ0) is 21.8. The second kappa shape index (κ2) is 9.07. The van der Waals surface area contributed by atoms with E-state index < -0.39 is 0 Å². The number of nitriles is 1. The maximum Gasteiger partial charge on any atom is 0.252 e. The summed E-state index contributed by atoms with van der Waals surface area (Å²) in [6.45, 7) is 1.95. The number of anilines is 1. The molecule has 2 amide bonds. The molecule has 4 rings (SSSR count). The monoisotopic (exact) mass is 427 g/mol. The van der Waals surface area contributed by atoms with E-state index in [1.807, 2.05) is 61.5 Å². The largest absolute Gasteiger partial charge is 0.345 e. The first kappa shape index (κ1) is 20.7. The first-order valence-electron chi connectivity index (χ1n) is 10.0. The van der Waals surface area contributed by atoms with Gasteiger partial charge in [-0.05, 0) is 54.8 Å². The minimum atomic E-state index is -0.195. The molecule has 0 spiro atoms. The molecular formula is C25H21N3O2S. The van der Waals surface area contributed by atoms with Crippen molar-refractivity contribution in [3.63, 3.8) is 0 Å². The number of carbonyl (C=O) groups is 2. The molecule has 0 aromatic heterocycles. The number of nitrogens with one attached hydrogen (secondary N) is 2. The quantitative estimate of drug-likeness (QED) is 0.595. The van der Waals surface area contributed by atoms with Gasteiger partial charge in [-0.3, -0.25) is 9.59 Å². The van der Waals surface area contributed by atoms with Gasteiger partial charge in [0, 0.05) is 21.9 Å². The number of rotatable bonds is 5. The number of hydrogen-bond acceptors (Lipinski definition) is 4. The Kier molecular flexibility index (Phi) is 6.06. The SMILES string of the molecule is CC(NC(=O)c1ccccc1Sc1ccccc1C#N)c1ccc2c(c1)CCC(=O)N2. The van der Waals surface area contributed by atoms with E-state index in [1.54, 1.807) is 12.1 Å². The second-order valence-electron chi connectivity index (χ2n) is 7.37. The van der Waals surface area contributed by atoms with Crippen molar-refractivity contribution in [2.45, 2.75) is 35.6 Å². The lowest BCUT2D eigenvalue weighted by Gasteiger charge is -2.21. The van der Waals surface area contributed by atoms with Crippen molar-refractivity contribution in [1.29, 1.82) is 5.26 Å². The van der Waals surface area contributed by atoms with Crippen LogP contribution in [-0.2, 0) is 11.2 Å². The van der Waals surface area contributed by atoms with Crippen LogP contribution in [0.1, 0.15) is 46.4 Å². The molecule has 1 aliphatic rings. The summed E-state index contributed by atoms with van der Waals surface area (Å²) in [5.41, 5.74) is 4.07. The molecule has 0 bridgehead atoms. The zero-order valence-corrected chi connectivity index (χ0v) is 17.8. The van der Waals surface area contributed by atoms with Crippen LogP contribution in [-0.4, -0.2) is 11.8 Å². The summed E-state index contributed by atoms with van der Waals surface area (Å²) in [6.07, 6.45) is 1.18. The molecule has 3 aromatic rings. The molecule has 5 nitrogen and oxygen atoms in total. The molecule has 1 atom stereocenters. The van der Waals surface area contributed by atoms with E-state index in [9.17, 15) is 14.9 Å². The van der Waals surface area contributed by atoms with Gasteiger partial charge in [-0.1, -0.05) is 48.2 Å². The third kappa shape index (κ3) is 4.62. The van der Waals surface area contributed by atoms with Crippen LogP contribution in [0.15, 0.2) is 76.5 Å². The van der Waals surface area contributed by atoms with Crippen molar-refractivity contribution in [3.05, 3.63) is 89.0 Å². The standard InChI is InChI=1S/C25H21N3O2S/c1-16(17-10-12-21-18(14-17)11-13-24(29)28-21)27-25(30)20-7-3-5-9-23(20)31-22-8-4-2-6-19(22)15-26/h2-10,12,14,16H,11,13H2,1H3,(H,27,30)(H,28,29). The van der Waals surface area contributed by atoms with Crippen LogP contribution in [0.25, 0.3) is 0 Å². The molecule has 0 fully saturated rings. The van der Waals surface area contributed by atoms with Gasteiger partial charge >= 0.3 is 0 Å². The van der Waals surface area contributed by atoms with E-state index in [1.165, 1.54) is 11.8 Å².